The zero-order chi connectivity index (χ0) is 13.9. The quantitative estimate of drug-likeness (QED) is 0.654. The van der Waals surface area contributed by atoms with Crippen molar-refractivity contribution in [3.63, 3.8) is 0 Å². The van der Waals surface area contributed by atoms with Crippen molar-refractivity contribution in [3.05, 3.63) is 24.3 Å². The van der Waals surface area contributed by atoms with E-state index < -0.39 is 10.0 Å². The molecule has 19 heavy (non-hydrogen) atoms. The second kappa shape index (κ2) is 5.90. The van der Waals surface area contributed by atoms with Gasteiger partial charge in [-0.2, -0.15) is 4.31 Å². The lowest BCUT2D eigenvalue weighted by Gasteiger charge is -2.30. The van der Waals surface area contributed by atoms with Crippen LogP contribution in [0.2, 0.25) is 0 Å². The van der Waals surface area contributed by atoms with Crippen LogP contribution in [0.4, 0.5) is 5.69 Å². The maximum Gasteiger partial charge on any atom is 0.245 e. The lowest BCUT2D eigenvalue weighted by molar-refractivity contribution is 0.286. The summed E-state index contributed by atoms with van der Waals surface area (Å²) in [4.78, 5) is 0.241. The Morgan fingerprint density at radius 3 is 2.47 bits per heavy atom. The van der Waals surface area contributed by atoms with Crippen molar-refractivity contribution in [2.24, 2.45) is 5.84 Å². The van der Waals surface area contributed by atoms with Gasteiger partial charge in [-0.1, -0.05) is 31.4 Å². The Bertz CT molecular complexity index is 524. The number of para-hydroxylation sites is 1. The van der Waals surface area contributed by atoms with Crippen molar-refractivity contribution >= 4 is 15.7 Å². The van der Waals surface area contributed by atoms with Gasteiger partial charge in [-0.15, -0.1) is 0 Å². The number of nitrogens with one attached hydrogen (secondary N) is 1. The predicted molar refractivity (Wildman–Crippen MR) is 76.1 cm³/mol. The highest BCUT2D eigenvalue weighted by Crippen LogP contribution is 2.29. The summed E-state index contributed by atoms with van der Waals surface area (Å²) >= 11 is 0. The average molecular weight is 283 g/mol. The predicted octanol–water partition coefficient (Wildman–Crippen LogP) is 1.93. The molecule has 5 nitrogen and oxygen atoms in total. The van der Waals surface area contributed by atoms with E-state index in [1.807, 2.05) is 0 Å². The SMILES string of the molecule is CN(C1CCCCC1)S(=O)(=O)c1ccccc1NN. The van der Waals surface area contributed by atoms with Crippen molar-refractivity contribution < 1.29 is 8.42 Å². The standard InChI is InChI=1S/C13H21N3O2S/c1-16(11-7-3-2-4-8-11)19(17,18)13-10-6-5-9-12(13)15-14/h5-6,9-11,15H,2-4,7-8,14H2,1H3. The molecular formula is C13H21N3O2S. The van der Waals surface area contributed by atoms with Gasteiger partial charge >= 0.3 is 0 Å². The number of hydrogen-bond acceptors (Lipinski definition) is 4. The summed E-state index contributed by atoms with van der Waals surface area (Å²) in [6, 6.07) is 6.83. The second-order valence-corrected chi connectivity index (χ2v) is 6.92. The highest BCUT2D eigenvalue weighted by molar-refractivity contribution is 7.89. The van der Waals surface area contributed by atoms with Gasteiger partial charge in [0, 0.05) is 13.1 Å². The number of rotatable bonds is 4. The van der Waals surface area contributed by atoms with Crippen LogP contribution in [0.25, 0.3) is 0 Å². The lowest BCUT2D eigenvalue weighted by atomic mass is 9.96. The van der Waals surface area contributed by atoms with Gasteiger partial charge < -0.3 is 5.43 Å². The van der Waals surface area contributed by atoms with Crippen molar-refractivity contribution in [3.8, 4) is 0 Å². The van der Waals surface area contributed by atoms with Crippen LogP contribution in [-0.2, 0) is 10.0 Å². The van der Waals surface area contributed by atoms with Gasteiger partial charge in [0.25, 0.3) is 0 Å². The molecule has 0 atom stereocenters. The van der Waals surface area contributed by atoms with E-state index >= 15 is 0 Å². The number of sulfonamides is 1. The Morgan fingerprint density at radius 1 is 1.21 bits per heavy atom. The monoisotopic (exact) mass is 283 g/mol. The van der Waals surface area contributed by atoms with Crippen LogP contribution in [0.15, 0.2) is 29.2 Å². The Hall–Kier alpha value is -1.11. The van der Waals surface area contributed by atoms with Gasteiger partial charge in [-0.3, -0.25) is 5.84 Å². The molecule has 0 spiro atoms. The number of nitrogen functional groups attached to an aromatic ring is 1. The van der Waals surface area contributed by atoms with Crippen molar-refractivity contribution in [2.45, 2.75) is 43.0 Å². The fourth-order valence-corrected chi connectivity index (χ4v) is 4.18. The summed E-state index contributed by atoms with van der Waals surface area (Å²) in [5.74, 6) is 5.39. The molecule has 1 aliphatic carbocycles. The van der Waals surface area contributed by atoms with Crippen LogP contribution in [0, 0.1) is 0 Å². The number of anilines is 1. The first-order valence-electron chi connectivity index (χ1n) is 6.61. The largest absolute Gasteiger partial charge is 0.323 e. The molecule has 0 bridgehead atoms. The molecule has 1 fully saturated rings. The number of hydrogen-bond donors (Lipinski definition) is 2. The van der Waals surface area contributed by atoms with Crippen LogP contribution >= 0.6 is 0 Å². The molecule has 6 heteroatoms. The van der Waals surface area contributed by atoms with E-state index in [1.165, 1.54) is 10.7 Å². The zero-order valence-corrected chi connectivity index (χ0v) is 12.0. The van der Waals surface area contributed by atoms with Crippen LogP contribution < -0.4 is 11.3 Å². The molecule has 1 aliphatic rings. The third kappa shape index (κ3) is 2.91. The average Bonchev–Trinajstić information content (AvgIpc) is 2.47. The van der Waals surface area contributed by atoms with Gasteiger partial charge in [-0.25, -0.2) is 8.42 Å². The van der Waals surface area contributed by atoms with E-state index in [0.29, 0.717) is 5.69 Å². The number of benzene rings is 1. The summed E-state index contributed by atoms with van der Waals surface area (Å²) < 4.78 is 26.8. The van der Waals surface area contributed by atoms with Crippen LogP contribution in [0.5, 0.6) is 0 Å². The first kappa shape index (κ1) is 14.3. The molecule has 106 valence electrons. The Kier molecular flexibility index (Phi) is 4.44. The normalized spacial score (nSPS) is 17.6. The molecule has 0 radical (unpaired) electrons. The molecular weight excluding hydrogens is 262 g/mol. The summed E-state index contributed by atoms with van der Waals surface area (Å²) in [5, 5.41) is 0. The maximum absolute atomic E-state index is 12.6. The Balaban J connectivity index is 2.30. The molecule has 1 aromatic rings. The smallest absolute Gasteiger partial charge is 0.245 e. The van der Waals surface area contributed by atoms with E-state index in [0.717, 1.165) is 25.7 Å². The summed E-state index contributed by atoms with van der Waals surface area (Å²) in [7, 11) is -1.83. The maximum atomic E-state index is 12.6. The molecule has 2 rings (SSSR count). The minimum absolute atomic E-state index is 0.101. The number of nitrogens with two attached hydrogens (primary N) is 1. The van der Waals surface area contributed by atoms with Gasteiger partial charge in [-0.05, 0) is 25.0 Å². The topological polar surface area (TPSA) is 75.4 Å². The second-order valence-electron chi connectivity index (χ2n) is 4.95. The fourth-order valence-electron chi connectivity index (χ4n) is 2.61. The van der Waals surface area contributed by atoms with Gasteiger partial charge in [0.2, 0.25) is 10.0 Å². The summed E-state index contributed by atoms with van der Waals surface area (Å²) in [6.07, 6.45) is 5.27. The minimum Gasteiger partial charge on any atom is -0.323 e. The van der Waals surface area contributed by atoms with Crippen LogP contribution in [-0.4, -0.2) is 25.8 Å². The zero-order valence-electron chi connectivity index (χ0n) is 11.2. The van der Waals surface area contributed by atoms with E-state index in [4.69, 9.17) is 5.84 Å². The van der Waals surface area contributed by atoms with Crippen molar-refractivity contribution in [2.75, 3.05) is 12.5 Å². The summed E-state index contributed by atoms with van der Waals surface area (Å²) in [5.41, 5.74) is 2.89. The fraction of sp³-hybridized carbons (Fsp3) is 0.538. The third-order valence-corrected chi connectivity index (χ3v) is 5.76. The molecule has 0 unspecified atom stereocenters. The first-order valence-corrected chi connectivity index (χ1v) is 8.05. The molecule has 1 aromatic carbocycles. The molecule has 1 saturated carbocycles. The molecule has 0 saturated heterocycles. The Morgan fingerprint density at radius 2 is 1.84 bits per heavy atom. The third-order valence-electron chi connectivity index (χ3n) is 3.79. The highest BCUT2D eigenvalue weighted by Gasteiger charge is 2.30. The molecule has 0 heterocycles. The van der Waals surface area contributed by atoms with Gasteiger partial charge in [0.1, 0.15) is 4.90 Å². The van der Waals surface area contributed by atoms with E-state index in [2.05, 4.69) is 5.43 Å². The van der Waals surface area contributed by atoms with Gasteiger partial charge in [0.05, 0.1) is 5.69 Å². The van der Waals surface area contributed by atoms with Gasteiger partial charge in [0.15, 0.2) is 0 Å². The van der Waals surface area contributed by atoms with E-state index in [-0.39, 0.29) is 10.9 Å². The number of nitrogens with zero attached hydrogens (tertiary/aromatic N) is 1. The Labute approximate surface area is 114 Å². The molecule has 0 amide bonds. The molecule has 0 aromatic heterocycles. The lowest BCUT2D eigenvalue weighted by Crippen LogP contribution is -2.38. The van der Waals surface area contributed by atoms with Crippen molar-refractivity contribution in [1.29, 1.82) is 0 Å². The highest BCUT2D eigenvalue weighted by atomic mass is 32.2. The van der Waals surface area contributed by atoms with Crippen LogP contribution in [0.3, 0.4) is 0 Å². The van der Waals surface area contributed by atoms with E-state index in [1.54, 1.807) is 31.3 Å². The molecule has 3 N–H and O–H groups in total. The number of hydrazine groups is 1. The van der Waals surface area contributed by atoms with Crippen LogP contribution in [0.1, 0.15) is 32.1 Å². The summed E-state index contributed by atoms with van der Waals surface area (Å²) in [6.45, 7) is 0. The van der Waals surface area contributed by atoms with Crippen molar-refractivity contribution in [1.82, 2.24) is 4.31 Å². The van der Waals surface area contributed by atoms with E-state index in [9.17, 15) is 8.42 Å². The molecule has 0 aliphatic heterocycles. The minimum atomic E-state index is -3.49. The first-order chi connectivity index (χ1) is 9.07.